The number of hydrogen-bond donors (Lipinski definition) is 0. The van der Waals surface area contributed by atoms with Gasteiger partial charge in [-0.05, 0) is 38.8 Å². The fraction of sp³-hybridized carbons (Fsp3) is 0.800. The summed E-state index contributed by atoms with van der Waals surface area (Å²) in [4.78, 5) is 18.6. The summed E-state index contributed by atoms with van der Waals surface area (Å²) in [6.07, 6.45) is 8.00. The smallest absolute Gasteiger partial charge is 0.223 e. The van der Waals surface area contributed by atoms with Crippen molar-refractivity contribution in [3.05, 3.63) is 11.9 Å². The molecule has 0 spiro atoms. The topological polar surface area (TPSA) is 54.3 Å². The second kappa shape index (κ2) is 6.56. The highest BCUT2D eigenvalue weighted by Crippen LogP contribution is 2.21. The van der Waals surface area contributed by atoms with E-state index in [1.165, 1.54) is 32.4 Å². The van der Waals surface area contributed by atoms with Crippen molar-refractivity contribution in [1.82, 2.24) is 24.8 Å². The van der Waals surface area contributed by atoms with Crippen LogP contribution in [0, 0.1) is 0 Å². The van der Waals surface area contributed by atoms with E-state index < -0.39 is 0 Å². The summed E-state index contributed by atoms with van der Waals surface area (Å²) in [5, 5.41) is 8.28. The Bertz CT molecular complexity index is 480. The number of amides is 1. The van der Waals surface area contributed by atoms with Gasteiger partial charge in [-0.15, -0.1) is 0 Å². The first kappa shape index (κ1) is 14.5. The highest BCUT2D eigenvalue weighted by atomic mass is 16.2. The summed E-state index contributed by atoms with van der Waals surface area (Å²) in [6, 6.07) is 0.585. The predicted octanol–water partition coefficient (Wildman–Crippen LogP) is 0.834. The van der Waals surface area contributed by atoms with Crippen molar-refractivity contribution in [2.24, 2.45) is 7.05 Å². The zero-order valence-corrected chi connectivity index (χ0v) is 12.9. The van der Waals surface area contributed by atoms with Crippen LogP contribution in [0.4, 0.5) is 0 Å². The maximum atomic E-state index is 12.4. The maximum Gasteiger partial charge on any atom is 0.223 e. The van der Waals surface area contributed by atoms with Gasteiger partial charge in [-0.2, -0.15) is 15.0 Å². The van der Waals surface area contributed by atoms with Crippen LogP contribution in [0.15, 0.2) is 6.20 Å². The lowest BCUT2D eigenvalue weighted by Crippen LogP contribution is -2.49. The lowest BCUT2D eigenvalue weighted by Gasteiger charge is -2.37. The van der Waals surface area contributed by atoms with Crippen molar-refractivity contribution in [3.8, 4) is 0 Å². The molecule has 0 aromatic carbocycles. The molecule has 3 heterocycles. The van der Waals surface area contributed by atoms with Crippen LogP contribution in [-0.2, 0) is 18.3 Å². The normalized spacial score (nSPS) is 23.7. The minimum absolute atomic E-state index is 0.268. The van der Waals surface area contributed by atoms with Gasteiger partial charge in [0.2, 0.25) is 5.91 Å². The lowest BCUT2D eigenvalue weighted by molar-refractivity contribution is -0.133. The molecule has 0 radical (unpaired) electrons. The number of rotatable bonds is 4. The fourth-order valence-corrected chi connectivity index (χ4v) is 3.48. The van der Waals surface area contributed by atoms with Crippen LogP contribution < -0.4 is 0 Å². The number of carbonyl (C=O) groups is 1. The summed E-state index contributed by atoms with van der Waals surface area (Å²) < 4.78 is 0. The molecule has 21 heavy (non-hydrogen) atoms. The summed E-state index contributed by atoms with van der Waals surface area (Å²) in [7, 11) is 1.80. The van der Waals surface area contributed by atoms with Gasteiger partial charge in [0.15, 0.2) is 0 Å². The van der Waals surface area contributed by atoms with Crippen LogP contribution in [-0.4, -0.2) is 62.9 Å². The van der Waals surface area contributed by atoms with Gasteiger partial charge in [0.05, 0.1) is 11.9 Å². The Hall–Kier alpha value is -1.43. The van der Waals surface area contributed by atoms with Crippen molar-refractivity contribution in [3.63, 3.8) is 0 Å². The van der Waals surface area contributed by atoms with E-state index in [-0.39, 0.29) is 5.91 Å². The third kappa shape index (κ3) is 3.61. The van der Waals surface area contributed by atoms with Crippen molar-refractivity contribution in [2.45, 2.75) is 44.6 Å². The first-order valence-electron chi connectivity index (χ1n) is 8.09. The van der Waals surface area contributed by atoms with Crippen molar-refractivity contribution in [1.29, 1.82) is 0 Å². The highest BCUT2D eigenvalue weighted by molar-refractivity contribution is 5.76. The van der Waals surface area contributed by atoms with E-state index in [1.54, 1.807) is 18.0 Å². The molecule has 6 nitrogen and oxygen atoms in total. The molecule has 1 aromatic rings. The maximum absolute atomic E-state index is 12.4. The number of hydrogen-bond acceptors (Lipinski definition) is 4. The predicted molar refractivity (Wildman–Crippen MR) is 79.7 cm³/mol. The van der Waals surface area contributed by atoms with E-state index in [2.05, 4.69) is 20.0 Å². The molecule has 2 aliphatic rings. The monoisotopic (exact) mass is 291 g/mol. The van der Waals surface area contributed by atoms with Gasteiger partial charge in [-0.25, -0.2) is 0 Å². The van der Waals surface area contributed by atoms with Crippen LogP contribution in [0.1, 0.15) is 37.8 Å². The molecular formula is C15H25N5O. The molecule has 2 fully saturated rings. The molecule has 0 saturated carbocycles. The minimum Gasteiger partial charge on any atom is -0.341 e. The Labute approximate surface area is 126 Å². The first-order chi connectivity index (χ1) is 10.2. The van der Waals surface area contributed by atoms with Crippen molar-refractivity contribution >= 4 is 5.91 Å². The lowest BCUT2D eigenvalue weighted by atomic mass is 10.0. The summed E-state index contributed by atoms with van der Waals surface area (Å²) >= 11 is 0. The Balaban J connectivity index is 1.49. The van der Waals surface area contributed by atoms with Gasteiger partial charge in [0, 0.05) is 39.0 Å². The van der Waals surface area contributed by atoms with E-state index in [1.807, 2.05) is 0 Å². The van der Waals surface area contributed by atoms with Crippen LogP contribution in [0.25, 0.3) is 0 Å². The van der Waals surface area contributed by atoms with Crippen LogP contribution in [0.3, 0.4) is 0 Å². The van der Waals surface area contributed by atoms with E-state index in [4.69, 9.17) is 0 Å². The third-order valence-electron chi connectivity index (χ3n) is 4.65. The summed E-state index contributed by atoms with van der Waals surface area (Å²) in [6.45, 7) is 4.27. The van der Waals surface area contributed by atoms with Gasteiger partial charge in [-0.3, -0.25) is 9.69 Å². The molecule has 2 saturated heterocycles. The summed E-state index contributed by atoms with van der Waals surface area (Å²) in [5.41, 5.74) is 0.902. The van der Waals surface area contributed by atoms with Crippen LogP contribution in [0.2, 0.25) is 0 Å². The Morgan fingerprint density at radius 2 is 2.10 bits per heavy atom. The van der Waals surface area contributed by atoms with E-state index >= 15 is 0 Å². The average Bonchev–Trinajstić information content (AvgIpc) is 3.16. The molecule has 1 aromatic heterocycles. The van der Waals surface area contributed by atoms with Gasteiger partial charge >= 0.3 is 0 Å². The highest BCUT2D eigenvalue weighted by Gasteiger charge is 2.28. The first-order valence-corrected chi connectivity index (χ1v) is 8.09. The Kier molecular flexibility index (Phi) is 4.53. The van der Waals surface area contributed by atoms with Crippen molar-refractivity contribution in [2.75, 3.05) is 26.2 Å². The molecule has 1 atom stereocenters. The van der Waals surface area contributed by atoms with E-state index in [0.29, 0.717) is 18.9 Å². The number of aryl methyl sites for hydroxylation is 2. The van der Waals surface area contributed by atoms with Gasteiger partial charge in [0.25, 0.3) is 0 Å². The number of piperidine rings is 1. The zero-order valence-electron chi connectivity index (χ0n) is 12.9. The number of likely N-dealkylation sites (tertiary alicyclic amines) is 2. The average molecular weight is 291 g/mol. The molecule has 2 aliphatic heterocycles. The van der Waals surface area contributed by atoms with E-state index in [9.17, 15) is 4.79 Å². The molecule has 1 unspecified atom stereocenters. The Morgan fingerprint density at radius 1 is 1.29 bits per heavy atom. The summed E-state index contributed by atoms with van der Waals surface area (Å²) in [5.74, 6) is 0.268. The van der Waals surface area contributed by atoms with Crippen molar-refractivity contribution < 1.29 is 4.79 Å². The van der Waals surface area contributed by atoms with Crippen LogP contribution >= 0.6 is 0 Å². The second-order valence-electron chi connectivity index (χ2n) is 6.20. The molecule has 1 amide bonds. The molecule has 0 bridgehead atoms. The largest absolute Gasteiger partial charge is 0.341 e. The number of aromatic nitrogens is 3. The molecule has 0 N–H and O–H groups in total. The molecule has 0 aliphatic carbocycles. The molecule has 116 valence electrons. The standard InChI is InChI=1S/C15H25N5O/c1-18-16-11-13(17-18)6-7-15(21)20-10-4-5-14(12-20)19-8-2-3-9-19/h11,14H,2-10,12H2,1H3. The number of carbonyl (C=O) groups excluding carboxylic acids is 1. The molecule has 3 rings (SSSR count). The third-order valence-corrected chi connectivity index (χ3v) is 4.65. The fourth-order valence-electron chi connectivity index (χ4n) is 3.48. The van der Waals surface area contributed by atoms with E-state index in [0.717, 1.165) is 25.2 Å². The van der Waals surface area contributed by atoms with Crippen LogP contribution in [0.5, 0.6) is 0 Å². The van der Waals surface area contributed by atoms with Gasteiger partial charge in [0.1, 0.15) is 0 Å². The second-order valence-corrected chi connectivity index (χ2v) is 6.20. The molecule has 6 heteroatoms. The minimum atomic E-state index is 0.268. The number of nitrogens with zero attached hydrogens (tertiary/aromatic N) is 5. The SMILES string of the molecule is Cn1ncc(CCC(=O)N2CCCC(N3CCCC3)C2)n1. The van der Waals surface area contributed by atoms with Gasteiger partial charge in [-0.1, -0.05) is 0 Å². The Morgan fingerprint density at radius 3 is 2.81 bits per heavy atom. The zero-order chi connectivity index (χ0) is 14.7. The van der Waals surface area contributed by atoms with Gasteiger partial charge < -0.3 is 4.90 Å². The quantitative estimate of drug-likeness (QED) is 0.825. The molecular weight excluding hydrogens is 266 g/mol.